The second-order valence-corrected chi connectivity index (χ2v) is 3.28. The average molecular weight is 168 g/mol. The molecule has 0 saturated carbocycles. The Morgan fingerprint density at radius 3 is 2.67 bits per heavy atom. The molecule has 0 spiro atoms. The van der Waals surface area contributed by atoms with Gasteiger partial charge >= 0.3 is 0 Å². The van der Waals surface area contributed by atoms with Crippen molar-refractivity contribution in [3.63, 3.8) is 0 Å². The van der Waals surface area contributed by atoms with Crippen molar-refractivity contribution in [2.24, 2.45) is 5.92 Å². The second-order valence-electron chi connectivity index (χ2n) is 3.28. The van der Waals surface area contributed by atoms with E-state index in [4.69, 9.17) is 0 Å². The summed E-state index contributed by atoms with van der Waals surface area (Å²) in [4.78, 5) is 10.3. The van der Waals surface area contributed by atoms with Gasteiger partial charge in [0, 0.05) is 6.42 Å². The molecule has 0 aromatic heterocycles. The topological polar surface area (TPSA) is 17.1 Å². The molecule has 0 rings (SSSR count). The van der Waals surface area contributed by atoms with Crippen LogP contribution in [0.4, 0.5) is 0 Å². The first kappa shape index (κ1) is 11.4. The van der Waals surface area contributed by atoms with Crippen molar-refractivity contribution in [3.8, 4) is 0 Å². The summed E-state index contributed by atoms with van der Waals surface area (Å²) < 4.78 is 0. The van der Waals surface area contributed by atoms with Crippen LogP contribution < -0.4 is 0 Å². The molecule has 1 heteroatoms. The van der Waals surface area contributed by atoms with Crippen LogP contribution in [0.1, 0.15) is 45.4 Å². The number of hydrogen-bond acceptors (Lipinski definition) is 1. The van der Waals surface area contributed by atoms with E-state index in [1.165, 1.54) is 19.3 Å². The second kappa shape index (κ2) is 8.51. The molecule has 70 valence electrons. The minimum absolute atomic E-state index is 0.598. The molecule has 0 bridgehead atoms. The minimum atomic E-state index is 0.598. The number of unbranched alkanes of at least 4 members (excludes halogenated alkanes) is 1. The fourth-order valence-corrected chi connectivity index (χ4v) is 1.36. The van der Waals surface area contributed by atoms with Crippen molar-refractivity contribution in [2.75, 3.05) is 0 Å². The van der Waals surface area contributed by atoms with Crippen molar-refractivity contribution in [1.82, 2.24) is 0 Å². The highest BCUT2D eigenvalue weighted by Gasteiger charge is 2.05. The Balaban J connectivity index is 3.52. The zero-order chi connectivity index (χ0) is 9.23. The first-order chi connectivity index (χ1) is 5.85. The molecular weight excluding hydrogens is 148 g/mol. The highest BCUT2D eigenvalue weighted by atomic mass is 16.1. The van der Waals surface area contributed by atoms with Crippen LogP contribution in [0.15, 0.2) is 12.7 Å². The van der Waals surface area contributed by atoms with Gasteiger partial charge in [-0.1, -0.05) is 32.3 Å². The molecule has 0 amide bonds. The molecule has 0 aliphatic rings. The van der Waals surface area contributed by atoms with Gasteiger partial charge in [0.05, 0.1) is 0 Å². The molecule has 0 aromatic carbocycles. The zero-order valence-corrected chi connectivity index (χ0v) is 8.09. The summed E-state index contributed by atoms with van der Waals surface area (Å²) in [6, 6.07) is 0. The molecule has 0 radical (unpaired) electrons. The SMILES string of the molecule is C=CCCC(CC=O)CCCC. The Morgan fingerprint density at radius 1 is 1.42 bits per heavy atom. The fraction of sp³-hybridized carbons (Fsp3) is 0.727. The molecule has 1 unspecified atom stereocenters. The number of aldehydes is 1. The summed E-state index contributed by atoms with van der Waals surface area (Å²) in [5, 5.41) is 0. The molecule has 1 nitrogen and oxygen atoms in total. The molecule has 0 heterocycles. The highest BCUT2D eigenvalue weighted by molar-refractivity contribution is 5.49. The van der Waals surface area contributed by atoms with Crippen LogP contribution in [0, 0.1) is 5.92 Å². The molecular formula is C11H20O. The maximum Gasteiger partial charge on any atom is 0.120 e. The van der Waals surface area contributed by atoms with Crippen molar-refractivity contribution in [2.45, 2.75) is 45.4 Å². The van der Waals surface area contributed by atoms with Gasteiger partial charge in [-0.2, -0.15) is 0 Å². The zero-order valence-electron chi connectivity index (χ0n) is 8.09. The lowest BCUT2D eigenvalue weighted by Gasteiger charge is -2.11. The number of carbonyl (C=O) groups is 1. The number of carbonyl (C=O) groups excluding carboxylic acids is 1. The Morgan fingerprint density at radius 2 is 2.17 bits per heavy atom. The average Bonchev–Trinajstić information content (AvgIpc) is 2.10. The molecule has 0 aromatic rings. The van der Waals surface area contributed by atoms with Crippen LogP contribution in [-0.2, 0) is 4.79 Å². The van der Waals surface area contributed by atoms with Gasteiger partial charge in [0.1, 0.15) is 6.29 Å². The van der Waals surface area contributed by atoms with E-state index in [1.54, 1.807) is 0 Å². The minimum Gasteiger partial charge on any atom is -0.303 e. The van der Waals surface area contributed by atoms with E-state index >= 15 is 0 Å². The molecule has 0 aliphatic carbocycles. The summed E-state index contributed by atoms with van der Waals surface area (Å²) in [7, 11) is 0. The summed E-state index contributed by atoms with van der Waals surface area (Å²) >= 11 is 0. The summed E-state index contributed by atoms with van der Waals surface area (Å²) in [6.45, 7) is 5.87. The van der Waals surface area contributed by atoms with Crippen LogP contribution in [-0.4, -0.2) is 6.29 Å². The maximum atomic E-state index is 10.3. The summed E-state index contributed by atoms with van der Waals surface area (Å²) in [6.07, 6.45) is 9.55. The monoisotopic (exact) mass is 168 g/mol. The smallest absolute Gasteiger partial charge is 0.120 e. The Kier molecular flexibility index (Phi) is 8.09. The normalized spacial score (nSPS) is 12.4. The van der Waals surface area contributed by atoms with Crippen LogP contribution >= 0.6 is 0 Å². The van der Waals surface area contributed by atoms with Crippen LogP contribution in [0.2, 0.25) is 0 Å². The Labute approximate surface area is 75.9 Å². The van der Waals surface area contributed by atoms with Gasteiger partial charge in [-0.25, -0.2) is 0 Å². The predicted molar refractivity (Wildman–Crippen MR) is 53.1 cm³/mol. The fourth-order valence-electron chi connectivity index (χ4n) is 1.36. The number of rotatable bonds is 8. The predicted octanol–water partition coefficient (Wildman–Crippen LogP) is 3.35. The van der Waals surface area contributed by atoms with Gasteiger partial charge in [0.25, 0.3) is 0 Å². The standard InChI is InChI=1S/C11H20O/c1-3-5-7-11(9-10-12)8-6-4-2/h3,10-11H,1,4-9H2,2H3. The van der Waals surface area contributed by atoms with Gasteiger partial charge in [0.15, 0.2) is 0 Å². The van der Waals surface area contributed by atoms with Crippen molar-refractivity contribution >= 4 is 6.29 Å². The third kappa shape index (κ3) is 6.14. The van der Waals surface area contributed by atoms with E-state index in [0.717, 1.165) is 25.5 Å². The van der Waals surface area contributed by atoms with E-state index in [2.05, 4.69) is 13.5 Å². The van der Waals surface area contributed by atoms with Crippen molar-refractivity contribution in [1.29, 1.82) is 0 Å². The van der Waals surface area contributed by atoms with E-state index in [1.807, 2.05) is 6.08 Å². The Hall–Kier alpha value is -0.590. The summed E-state index contributed by atoms with van der Waals surface area (Å²) in [5.41, 5.74) is 0. The van der Waals surface area contributed by atoms with E-state index in [-0.39, 0.29) is 0 Å². The lowest BCUT2D eigenvalue weighted by atomic mass is 9.94. The summed E-state index contributed by atoms with van der Waals surface area (Å²) in [5.74, 6) is 0.598. The number of allylic oxidation sites excluding steroid dienone is 1. The van der Waals surface area contributed by atoms with Crippen LogP contribution in [0.5, 0.6) is 0 Å². The van der Waals surface area contributed by atoms with E-state index < -0.39 is 0 Å². The molecule has 0 fully saturated rings. The largest absolute Gasteiger partial charge is 0.303 e. The molecule has 12 heavy (non-hydrogen) atoms. The van der Waals surface area contributed by atoms with Gasteiger partial charge in [-0.15, -0.1) is 6.58 Å². The maximum absolute atomic E-state index is 10.3. The third-order valence-corrected chi connectivity index (χ3v) is 2.17. The number of hydrogen-bond donors (Lipinski definition) is 0. The molecule has 0 N–H and O–H groups in total. The first-order valence-corrected chi connectivity index (χ1v) is 4.89. The lowest BCUT2D eigenvalue weighted by molar-refractivity contribution is -0.108. The van der Waals surface area contributed by atoms with Gasteiger partial charge in [-0.3, -0.25) is 0 Å². The third-order valence-electron chi connectivity index (χ3n) is 2.17. The molecule has 1 atom stereocenters. The Bertz CT molecular complexity index is 118. The van der Waals surface area contributed by atoms with E-state index in [9.17, 15) is 4.79 Å². The highest BCUT2D eigenvalue weighted by Crippen LogP contribution is 2.17. The van der Waals surface area contributed by atoms with E-state index in [0.29, 0.717) is 5.92 Å². The van der Waals surface area contributed by atoms with Gasteiger partial charge in [0.2, 0.25) is 0 Å². The van der Waals surface area contributed by atoms with Gasteiger partial charge < -0.3 is 4.79 Å². The molecule has 0 aliphatic heterocycles. The van der Waals surface area contributed by atoms with Crippen molar-refractivity contribution in [3.05, 3.63) is 12.7 Å². The van der Waals surface area contributed by atoms with Crippen LogP contribution in [0.3, 0.4) is 0 Å². The lowest BCUT2D eigenvalue weighted by Crippen LogP contribution is -2.00. The van der Waals surface area contributed by atoms with Crippen LogP contribution in [0.25, 0.3) is 0 Å². The first-order valence-electron chi connectivity index (χ1n) is 4.89. The van der Waals surface area contributed by atoms with Crippen molar-refractivity contribution < 1.29 is 4.79 Å². The van der Waals surface area contributed by atoms with Gasteiger partial charge in [-0.05, 0) is 18.8 Å². The molecule has 0 saturated heterocycles. The quantitative estimate of drug-likeness (QED) is 0.401.